The third-order valence-corrected chi connectivity index (χ3v) is 2.78. The minimum Gasteiger partial charge on any atom is -0.497 e. The second-order valence-electron chi connectivity index (χ2n) is 4.12. The monoisotopic (exact) mass is 258 g/mol. The average Bonchev–Trinajstić information content (AvgIpc) is 2.39. The molecular weight excluding hydrogens is 244 g/mol. The van der Waals surface area contributed by atoms with Crippen molar-refractivity contribution in [2.45, 2.75) is 13.3 Å². The number of methoxy groups -OCH3 is 1. The summed E-state index contributed by atoms with van der Waals surface area (Å²) >= 11 is 0. The van der Waals surface area contributed by atoms with Gasteiger partial charge in [-0.05, 0) is 24.6 Å². The van der Waals surface area contributed by atoms with Crippen LogP contribution in [0.4, 0.5) is 0 Å². The molecule has 0 atom stereocenters. The van der Waals surface area contributed by atoms with Gasteiger partial charge >= 0.3 is 5.97 Å². The van der Waals surface area contributed by atoms with Crippen LogP contribution < -0.4 is 4.74 Å². The minimum atomic E-state index is -1.01. The van der Waals surface area contributed by atoms with E-state index in [-0.39, 0.29) is 5.56 Å². The van der Waals surface area contributed by atoms with Crippen molar-refractivity contribution in [2.75, 3.05) is 7.11 Å². The lowest BCUT2D eigenvalue weighted by molar-refractivity contribution is 0.0695. The number of aromatic carboxylic acids is 1. The Kier molecular flexibility index (Phi) is 3.75. The van der Waals surface area contributed by atoms with E-state index in [1.165, 1.54) is 6.20 Å². The summed E-state index contributed by atoms with van der Waals surface area (Å²) in [5.41, 5.74) is 1.66. The fourth-order valence-electron chi connectivity index (χ4n) is 1.74. The van der Waals surface area contributed by atoms with Gasteiger partial charge in [0.05, 0.1) is 18.4 Å². The first-order valence-electron chi connectivity index (χ1n) is 5.79. The lowest BCUT2D eigenvalue weighted by Gasteiger charge is -2.05. The summed E-state index contributed by atoms with van der Waals surface area (Å²) in [7, 11) is 1.62. The van der Waals surface area contributed by atoms with E-state index in [9.17, 15) is 4.79 Å². The number of carboxylic acid groups (broad SMARTS) is 1. The Hall–Kier alpha value is -2.43. The molecule has 19 heavy (non-hydrogen) atoms. The lowest BCUT2D eigenvalue weighted by atomic mass is 10.1. The first-order chi connectivity index (χ1) is 9.10. The molecule has 1 aromatic carbocycles. The molecule has 5 nitrogen and oxygen atoms in total. The fourth-order valence-corrected chi connectivity index (χ4v) is 1.74. The van der Waals surface area contributed by atoms with Crippen LogP contribution >= 0.6 is 0 Å². The van der Waals surface area contributed by atoms with Crippen LogP contribution in [0.3, 0.4) is 0 Å². The van der Waals surface area contributed by atoms with E-state index in [2.05, 4.69) is 9.97 Å². The van der Waals surface area contributed by atoms with Crippen molar-refractivity contribution in [3.05, 3.63) is 53.1 Å². The molecule has 5 heteroatoms. The maximum Gasteiger partial charge on any atom is 0.339 e. The van der Waals surface area contributed by atoms with Crippen LogP contribution in [0.1, 0.15) is 27.4 Å². The minimum absolute atomic E-state index is 0.137. The normalized spacial score (nSPS) is 10.2. The first-order valence-corrected chi connectivity index (χ1v) is 5.79. The standard InChI is InChI=1S/C14H14N2O3/c1-9-12(14(17)18)8-15-13(16-9)7-10-3-5-11(19-2)6-4-10/h3-6,8H,7H2,1-2H3,(H,17,18). The van der Waals surface area contributed by atoms with Crippen molar-refractivity contribution in [3.63, 3.8) is 0 Å². The van der Waals surface area contributed by atoms with Crippen LogP contribution in [-0.2, 0) is 6.42 Å². The molecule has 2 aromatic rings. The number of carboxylic acids is 1. The molecule has 0 aliphatic heterocycles. The summed E-state index contributed by atoms with van der Waals surface area (Å²) in [5, 5.41) is 8.91. The Morgan fingerprint density at radius 3 is 2.53 bits per heavy atom. The highest BCUT2D eigenvalue weighted by molar-refractivity contribution is 5.88. The van der Waals surface area contributed by atoms with Crippen LogP contribution in [0.15, 0.2) is 30.5 Å². The summed E-state index contributed by atoms with van der Waals surface area (Å²) in [5.74, 6) is 0.392. The zero-order valence-electron chi connectivity index (χ0n) is 10.8. The van der Waals surface area contributed by atoms with Gasteiger partial charge in [-0.15, -0.1) is 0 Å². The van der Waals surface area contributed by atoms with Crippen molar-refractivity contribution in [2.24, 2.45) is 0 Å². The second-order valence-corrected chi connectivity index (χ2v) is 4.12. The fraction of sp³-hybridized carbons (Fsp3) is 0.214. The lowest BCUT2D eigenvalue weighted by Crippen LogP contribution is -2.06. The molecule has 1 heterocycles. The molecule has 0 unspecified atom stereocenters. The van der Waals surface area contributed by atoms with Crippen LogP contribution in [0.5, 0.6) is 5.75 Å². The van der Waals surface area contributed by atoms with Crippen molar-refractivity contribution in [3.8, 4) is 5.75 Å². The number of benzene rings is 1. The third kappa shape index (κ3) is 3.07. The number of ether oxygens (including phenoxy) is 1. The third-order valence-electron chi connectivity index (χ3n) is 2.78. The number of carbonyl (C=O) groups is 1. The van der Waals surface area contributed by atoms with E-state index in [0.29, 0.717) is 17.9 Å². The molecule has 1 aromatic heterocycles. The van der Waals surface area contributed by atoms with Gasteiger partial charge in [-0.25, -0.2) is 14.8 Å². The van der Waals surface area contributed by atoms with Crippen LogP contribution in [0, 0.1) is 6.92 Å². The zero-order chi connectivity index (χ0) is 13.8. The summed E-state index contributed by atoms with van der Waals surface area (Å²) in [4.78, 5) is 19.2. The van der Waals surface area contributed by atoms with Crippen LogP contribution in [0.2, 0.25) is 0 Å². The molecule has 0 aliphatic carbocycles. The van der Waals surface area contributed by atoms with E-state index in [1.807, 2.05) is 24.3 Å². The number of aryl methyl sites for hydroxylation is 1. The second kappa shape index (κ2) is 5.48. The average molecular weight is 258 g/mol. The van der Waals surface area contributed by atoms with Gasteiger partial charge in [0.15, 0.2) is 0 Å². The molecular formula is C14H14N2O3. The maximum absolute atomic E-state index is 10.9. The number of hydrogen-bond acceptors (Lipinski definition) is 4. The van der Waals surface area contributed by atoms with Gasteiger partial charge in [0.1, 0.15) is 11.6 Å². The number of rotatable bonds is 4. The van der Waals surface area contributed by atoms with E-state index < -0.39 is 5.97 Å². The predicted octanol–water partition coefficient (Wildman–Crippen LogP) is 2.08. The Balaban J connectivity index is 2.18. The van der Waals surface area contributed by atoms with E-state index in [1.54, 1.807) is 14.0 Å². The highest BCUT2D eigenvalue weighted by atomic mass is 16.5. The van der Waals surface area contributed by atoms with Crippen molar-refractivity contribution in [1.82, 2.24) is 9.97 Å². The largest absolute Gasteiger partial charge is 0.497 e. The van der Waals surface area contributed by atoms with Gasteiger partial charge in [0.25, 0.3) is 0 Å². The molecule has 1 N–H and O–H groups in total. The van der Waals surface area contributed by atoms with E-state index >= 15 is 0 Å². The molecule has 0 aliphatic rings. The number of hydrogen-bond donors (Lipinski definition) is 1. The molecule has 0 radical (unpaired) electrons. The summed E-state index contributed by atoms with van der Waals surface area (Å²) in [6, 6.07) is 7.60. The SMILES string of the molecule is COc1ccc(Cc2ncc(C(=O)O)c(C)n2)cc1. The Morgan fingerprint density at radius 2 is 2.00 bits per heavy atom. The molecule has 0 saturated heterocycles. The van der Waals surface area contributed by atoms with Gasteiger partial charge in [-0.1, -0.05) is 12.1 Å². The molecule has 2 rings (SSSR count). The molecule has 0 amide bonds. The summed E-state index contributed by atoms with van der Waals surface area (Å²) in [6.45, 7) is 1.67. The maximum atomic E-state index is 10.9. The van der Waals surface area contributed by atoms with Gasteiger partial charge in [0.2, 0.25) is 0 Å². The number of aromatic nitrogens is 2. The number of nitrogens with zero attached hydrogens (tertiary/aromatic N) is 2. The highest BCUT2D eigenvalue weighted by Crippen LogP contribution is 2.14. The molecule has 0 bridgehead atoms. The van der Waals surface area contributed by atoms with Crippen LogP contribution in [-0.4, -0.2) is 28.2 Å². The Morgan fingerprint density at radius 1 is 1.32 bits per heavy atom. The van der Waals surface area contributed by atoms with Gasteiger partial charge < -0.3 is 9.84 Å². The van der Waals surface area contributed by atoms with Crippen molar-refractivity contribution in [1.29, 1.82) is 0 Å². The van der Waals surface area contributed by atoms with Gasteiger partial charge in [0, 0.05) is 12.6 Å². The highest BCUT2D eigenvalue weighted by Gasteiger charge is 2.10. The van der Waals surface area contributed by atoms with E-state index in [0.717, 1.165) is 11.3 Å². The first kappa shape index (κ1) is 13.0. The molecule has 0 spiro atoms. The summed E-state index contributed by atoms with van der Waals surface area (Å²) < 4.78 is 5.08. The smallest absolute Gasteiger partial charge is 0.339 e. The van der Waals surface area contributed by atoms with Gasteiger partial charge in [-0.3, -0.25) is 0 Å². The van der Waals surface area contributed by atoms with Crippen LogP contribution in [0.25, 0.3) is 0 Å². The molecule has 0 fully saturated rings. The van der Waals surface area contributed by atoms with E-state index in [4.69, 9.17) is 9.84 Å². The van der Waals surface area contributed by atoms with Crippen molar-refractivity contribution < 1.29 is 14.6 Å². The Labute approximate surface area is 110 Å². The quantitative estimate of drug-likeness (QED) is 0.909. The predicted molar refractivity (Wildman–Crippen MR) is 69.5 cm³/mol. The summed E-state index contributed by atoms with van der Waals surface area (Å²) in [6.07, 6.45) is 1.91. The van der Waals surface area contributed by atoms with Gasteiger partial charge in [-0.2, -0.15) is 0 Å². The topological polar surface area (TPSA) is 72.3 Å². The Bertz CT molecular complexity index is 594. The molecule has 98 valence electrons. The molecule has 0 saturated carbocycles. The zero-order valence-corrected chi connectivity index (χ0v) is 10.8. The van der Waals surface area contributed by atoms with Crippen molar-refractivity contribution >= 4 is 5.97 Å².